The summed E-state index contributed by atoms with van der Waals surface area (Å²) < 4.78 is 37.6. The van der Waals surface area contributed by atoms with Crippen molar-refractivity contribution in [1.82, 2.24) is 5.32 Å². The zero-order valence-corrected chi connectivity index (χ0v) is 10.6. The fourth-order valence-electron chi connectivity index (χ4n) is 1.66. The van der Waals surface area contributed by atoms with E-state index in [1.807, 2.05) is 6.92 Å². The fraction of sp³-hybridized carbons (Fsp3) is 0.538. The molecule has 19 heavy (non-hydrogen) atoms. The van der Waals surface area contributed by atoms with Crippen LogP contribution in [0, 0.1) is 0 Å². The second kappa shape index (κ2) is 6.88. The molecule has 0 fully saturated rings. The van der Waals surface area contributed by atoms with E-state index in [-0.39, 0.29) is 24.8 Å². The molecule has 0 saturated heterocycles. The number of nitrogens with one attached hydrogen (secondary N) is 1. The quantitative estimate of drug-likeness (QED) is 0.746. The lowest BCUT2D eigenvalue weighted by molar-refractivity contribution is -0.137. The predicted molar refractivity (Wildman–Crippen MR) is 65.6 cm³/mol. The molecule has 0 radical (unpaired) electrons. The molecular weight excluding hydrogens is 259 g/mol. The van der Waals surface area contributed by atoms with Gasteiger partial charge in [-0.25, -0.2) is 0 Å². The Morgan fingerprint density at radius 2 is 2.00 bits per heavy atom. The molecule has 108 valence electrons. The van der Waals surface area contributed by atoms with Gasteiger partial charge in [-0.2, -0.15) is 13.2 Å². The van der Waals surface area contributed by atoms with Crippen LogP contribution in [0.3, 0.4) is 0 Å². The average molecular weight is 277 g/mol. The third-order valence-electron chi connectivity index (χ3n) is 2.91. The van der Waals surface area contributed by atoms with E-state index in [4.69, 9.17) is 5.11 Å². The normalized spacial score (nSPS) is 15.3. The van der Waals surface area contributed by atoms with E-state index in [1.54, 1.807) is 0 Å². The van der Waals surface area contributed by atoms with E-state index < -0.39 is 17.8 Å². The highest BCUT2D eigenvalue weighted by Crippen LogP contribution is 2.30. The Morgan fingerprint density at radius 1 is 1.32 bits per heavy atom. The number of aliphatic hydroxyl groups is 2. The van der Waals surface area contributed by atoms with E-state index in [0.717, 1.165) is 12.1 Å². The van der Waals surface area contributed by atoms with Gasteiger partial charge in [0.1, 0.15) is 0 Å². The Bertz CT molecular complexity index is 392. The van der Waals surface area contributed by atoms with Gasteiger partial charge >= 0.3 is 6.18 Å². The van der Waals surface area contributed by atoms with Crippen LogP contribution < -0.4 is 5.32 Å². The molecule has 0 aliphatic carbocycles. The van der Waals surface area contributed by atoms with E-state index in [9.17, 15) is 18.3 Å². The second-order valence-corrected chi connectivity index (χ2v) is 4.34. The number of hydrogen-bond donors (Lipinski definition) is 3. The molecule has 0 aliphatic heterocycles. The van der Waals surface area contributed by atoms with Crippen molar-refractivity contribution in [2.45, 2.75) is 31.7 Å². The third-order valence-corrected chi connectivity index (χ3v) is 2.91. The van der Waals surface area contributed by atoms with Crippen LogP contribution in [0.4, 0.5) is 13.2 Å². The molecule has 0 bridgehead atoms. The zero-order chi connectivity index (χ0) is 14.5. The Labute approximate surface area is 110 Å². The van der Waals surface area contributed by atoms with Crippen LogP contribution >= 0.6 is 0 Å². The molecule has 1 aromatic carbocycles. The molecule has 0 spiro atoms. The summed E-state index contributed by atoms with van der Waals surface area (Å²) in [5.41, 5.74) is -0.576. The van der Waals surface area contributed by atoms with Crippen LogP contribution in [-0.2, 0) is 6.18 Å². The van der Waals surface area contributed by atoms with E-state index in [2.05, 4.69) is 5.32 Å². The van der Waals surface area contributed by atoms with Crippen molar-refractivity contribution >= 4 is 0 Å². The van der Waals surface area contributed by atoms with Gasteiger partial charge in [0.25, 0.3) is 0 Å². The standard InChI is InChI=1S/C13H18F3NO2/c1-2-11(8-18)17-7-12(19)9-4-3-5-10(6-9)13(14,15)16/h3-6,11-12,17-19H,2,7-8H2,1H3. The van der Waals surface area contributed by atoms with Gasteiger partial charge in [-0.15, -0.1) is 0 Å². The Hall–Kier alpha value is -1.11. The smallest absolute Gasteiger partial charge is 0.395 e. The Balaban J connectivity index is 2.69. The molecule has 0 amide bonds. The summed E-state index contributed by atoms with van der Waals surface area (Å²) in [6.07, 6.45) is -4.78. The van der Waals surface area contributed by atoms with Gasteiger partial charge in [-0.1, -0.05) is 19.1 Å². The van der Waals surface area contributed by atoms with Crippen molar-refractivity contribution in [3.8, 4) is 0 Å². The molecule has 0 heterocycles. The maximum atomic E-state index is 12.5. The zero-order valence-electron chi connectivity index (χ0n) is 10.6. The summed E-state index contributed by atoms with van der Waals surface area (Å²) in [6, 6.07) is 4.45. The molecular formula is C13H18F3NO2. The first-order valence-electron chi connectivity index (χ1n) is 6.08. The molecule has 1 rings (SSSR count). The number of halogens is 3. The topological polar surface area (TPSA) is 52.5 Å². The van der Waals surface area contributed by atoms with Gasteiger partial charge in [0.2, 0.25) is 0 Å². The highest BCUT2D eigenvalue weighted by Gasteiger charge is 2.30. The van der Waals surface area contributed by atoms with Crippen LogP contribution in [0.5, 0.6) is 0 Å². The minimum absolute atomic E-state index is 0.0776. The van der Waals surface area contributed by atoms with Gasteiger partial charge in [0.05, 0.1) is 18.3 Å². The molecule has 6 heteroatoms. The summed E-state index contributed by atoms with van der Waals surface area (Å²) in [5, 5.41) is 21.7. The minimum Gasteiger partial charge on any atom is -0.395 e. The third kappa shape index (κ3) is 4.81. The minimum atomic E-state index is -4.42. The molecule has 2 atom stereocenters. The summed E-state index contributed by atoms with van der Waals surface area (Å²) in [6.45, 7) is 1.89. The number of benzene rings is 1. The predicted octanol–water partition coefficient (Wildman–Crippen LogP) is 2.10. The highest BCUT2D eigenvalue weighted by molar-refractivity contribution is 5.27. The first-order valence-corrected chi connectivity index (χ1v) is 6.08. The number of rotatable bonds is 6. The largest absolute Gasteiger partial charge is 0.416 e. The van der Waals surface area contributed by atoms with Crippen LogP contribution in [0.15, 0.2) is 24.3 Å². The van der Waals surface area contributed by atoms with Crippen molar-refractivity contribution in [2.24, 2.45) is 0 Å². The summed E-state index contributed by atoms with van der Waals surface area (Å²) in [5.74, 6) is 0. The number of hydrogen-bond acceptors (Lipinski definition) is 3. The van der Waals surface area contributed by atoms with Crippen molar-refractivity contribution in [2.75, 3.05) is 13.2 Å². The van der Waals surface area contributed by atoms with Gasteiger partial charge < -0.3 is 15.5 Å². The second-order valence-electron chi connectivity index (χ2n) is 4.34. The van der Waals surface area contributed by atoms with E-state index >= 15 is 0 Å². The monoisotopic (exact) mass is 277 g/mol. The Morgan fingerprint density at radius 3 is 2.53 bits per heavy atom. The number of alkyl halides is 3. The lowest BCUT2D eigenvalue weighted by Crippen LogP contribution is -2.35. The highest BCUT2D eigenvalue weighted by atomic mass is 19.4. The summed E-state index contributed by atoms with van der Waals surface area (Å²) >= 11 is 0. The van der Waals surface area contributed by atoms with Crippen molar-refractivity contribution < 1.29 is 23.4 Å². The van der Waals surface area contributed by atoms with E-state index in [1.165, 1.54) is 12.1 Å². The first kappa shape index (κ1) is 15.9. The van der Waals surface area contributed by atoms with Crippen LogP contribution in [-0.4, -0.2) is 29.4 Å². The summed E-state index contributed by atoms with van der Waals surface area (Å²) in [7, 11) is 0. The van der Waals surface area contributed by atoms with Crippen molar-refractivity contribution in [3.05, 3.63) is 35.4 Å². The maximum absolute atomic E-state index is 12.5. The fourth-order valence-corrected chi connectivity index (χ4v) is 1.66. The van der Waals surface area contributed by atoms with Gasteiger partial charge in [-0.05, 0) is 24.1 Å². The molecule has 0 aliphatic rings. The van der Waals surface area contributed by atoms with Gasteiger partial charge in [0.15, 0.2) is 0 Å². The lowest BCUT2D eigenvalue weighted by Gasteiger charge is -2.18. The van der Waals surface area contributed by atoms with Crippen LogP contribution in [0.25, 0.3) is 0 Å². The number of aliphatic hydroxyl groups excluding tert-OH is 2. The average Bonchev–Trinajstić information content (AvgIpc) is 2.39. The molecule has 2 unspecified atom stereocenters. The van der Waals surface area contributed by atoms with Crippen molar-refractivity contribution in [1.29, 1.82) is 0 Å². The van der Waals surface area contributed by atoms with Crippen molar-refractivity contribution in [3.63, 3.8) is 0 Å². The SMILES string of the molecule is CCC(CO)NCC(O)c1cccc(C(F)(F)F)c1. The lowest BCUT2D eigenvalue weighted by atomic mass is 10.1. The van der Waals surface area contributed by atoms with Crippen LogP contribution in [0.2, 0.25) is 0 Å². The maximum Gasteiger partial charge on any atom is 0.416 e. The molecule has 3 nitrogen and oxygen atoms in total. The molecule has 1 aromatic rings. The Kier molecular flexibility index (Phi) is 5.78. The summed E-state index contributed by atoms with van der Waals surface area (Å²) in [4.78, 5) is 0. The van der Waals surface area contributed by atoms with Gasteiger partial charge in [0, 0.05) is 12.6 Å². The first-order chi connectivity index (χ1) is 8.88. The van der Waals surface area contributed by atoms with Gasteiger partial charge in [-0.3, -0.25) is 0 Å². The van der Waals surface area contributed by atoms with E-state index in [0.29, 0.717) is 6.42 Å². The molecule has 0 aromatic heterocycles. The molecule has 3 N–H and O–H groups in total. The molecule has 0 saturated carbocycles. The van der Waals surface area contributed by atoms with Crippen LogP contribution in [0.1, 0.15) is 30.6 Å².